The van der Waals surface area contributed by atoms with Crippen LogP contribution in [0.3, 0.4) is 0 Å². The largest absolute Gasteiger partial charge is 0.444 e. The van der Waals surface area contributed by atoms with Gasteiger partial charge < -0.3 is 15.0 Å². The molecule has 6 nitrogen and oxygen atoms in total. The molecular weight excluding hydrogens is 256 g/mol. The Balaban J connectivity index is 2.36. The predicted octanol–water partition coefficient (Wildman–Crippen LogP) is 1.70. The molecule has 1 rings (SSSR count). The highest BCUT2D eigenvalue weighted by atomic mass is 16.6. The van der Waals surface area contributed by atoms with Crippen LogP contribution in [0.2, 0.25) is 0 Å². The molecule has 1 aliphatic heterocycles. The molecule has 20 heavy (non-hydrogen) atoms. The minimum Gasteiger partial charge on any atom is -0.444 e. The third-order valence-electron chi connectivity index (χ3n) is 2.81. The first-order valence-corrected chi connectivity index (χ1v) is 7.10. The Bertz CT molecular complexity index is 361. The summed E-state index contributed by atoms with van der Waals surface area (Å²) in [6.07, 6.45) is 3.92. The maximum absolute atomic E-state index is 12.0. The molecular formula is C14H26N4O2. The molecule has 1 heterocycles. The second kappa shape index (κ2) is 7.99. The molecule has 0 aliphatic carbocycles. The summed E-state index contributed by atoms with van der Waals surface area (Å²) < 4.78 is 5.39. The molecule has 0 aromatic rings. The average molecular weight is 282 g/mol. The predicted molar refractivity (Wildman–Crippen MR) is 81.7 cm³/mol. The Kier molecular flexibility index (Phi) is 6.64. The van der Waals surface area contributed by atoms with Gasteiger partial charge in [0.25, 0.3) is 0 Å². The minimum absolute atomic E-state index is 0.233. The second-order valence-electron chi connectivity index (χ2n) is 5.80. The Hall–Kier alpha value is -1.43. The highest BCUT2D eigenvalue weighted by molar-refractivity contribution is 5.70. The molecule has 1 saturated heterocycles. The molecule has 0 bridgehead atoms. The number of ether oxygens (including phenoxy) is 1. The fourth-order valence-corrected chi connectivity index (χ4v) is 1.91. The zero-order valence-corrected chi connectivity index (χ0v) is 12.9. The van der Waals surface area contributed by atoms with E-state index >= 15 is 0 Å². The highest BCUT2D eigenvalue weighted by Crippen LogP contribution is 2.12. The molecule has 0 saturated carbocycles. The van der Waals surface area contributed by atoms with Gasteiger partial charge in [-0.25, -0.2) is 9.79 Å². The molecule has 1 unspecified atom stereocenters. The van der Waals surface area contributed by atoms with Crippen LogP contribution < -0.4 is 5.32 Å². The van der Waals surface area contributed by atoms with Gasteiger partial charge in [0.1, 0.15) is 11.9 Å². The number of amides is 1. The van der Waals surface area contributed by atoms with Crippen LogP contribution in [-0.2, 0) is 4.74 Å². The second-order valence-corrected chi connectivity index (χ2v) is 5.80. The van der Waals surface area contributed by atoms with Crippen LogP contribution in [0.4, 0.5) is 4.79 Å². The van der Waals surface area contributed by atoms with Crippen LogP contribution in [0, 0.1) is 0 Å². The van der Waals surface area contributed by atoms with Crippen molar-refractivity contribution in [2.45, 2.75) is 45.8 Å². The summed E-state index contributed by atoms with van der Waals surface area (Å²) in [4.78, 5) is 21.9. The number of aliphatic imine (C=N–C) groups is 2. The Morgan fingerprint density at radius 2 is 2.25 bits per heavy atom. The number of carbonyl (C=O) groups excluding carboxylic acids is 1. The Labute approximate surface area is 121 Å². The van der Waals surface area contributed by atoms with E-state index in [1.165, 1.54) is 0 Å². The lowest BCUT2D eigenvalue weighted by molar-refractivity contribution is 0.0193. The van der Waals surface area contributed by atoms with Gasteiger partial charge in [0.15, 0.2) is 0 Å². The van der Waals surface area contributed by atoms with E-state index in [0.717, 1.165) is 13.0 Å². The zero-order valence-electron chi connectivity index (χ0n) is 12.9. The monoisotopic (exact) mass is 282 g/mol. The van der Waals surface area contributed by atoms with Crippen molar-refractivity contribution >= 4 is 18.6 Å². The van der Waals surface area contributed by atoms with Crippen molar-refractivity contribution in [2.75, 3.05) is 26.2 Å². The average Bonchev–Trinajstić information content (AvgIpc) is 2.37. The third-order valence-corrected chi connectivity index (χ3v) is 2.81. The van der Waals surface area contributed by atoms with Crippen LogP contribution in [0.1, 0.15) is 34.1 Å². The van der Waals surface area contributed by atoms with Crippen molar-refractivity contribution in [1.29, 1.82) is 0 Å². The Morgan fingerprint density at radius 3 is 2.90 bits per heavy atom. The SMILES string of the molecule is CC=NC=NCCC1CN(C(=O)OC(C)(C)C)CCN1. The molecule has 1 atom stereocenters. The first-order valence-electron chi connectivity index (χ1n) is 7.10. The van der Waals surface area contributed by atoms with Crippen molar-refractivity contribution in [3.63, 3.8) is 0 Å². The number of hydrogen-bond donors (Lipinski definition) is 1. The summed E-state index contributed by atoms with van der Waals surface area (Å²) >= 11 is 0. The van der Waals surface area contributed by atoms with Crippen molar-refractivity contribution in [3.8, 4) is 0 Å². The fourth-order valence-electron chi connectivity index (χ4n) is 1.91. The molecule has 1 amide bonds. The van der Waals surface area contributed by atoms with Crippen molar-refractivity contribution in [2.24, 2.45) is 9.98 Å². The van der Waals surface area contributed by atoms with Crippen LogP contribution in [0.25, 0.3) is 0 Å². The van der Waals surface area contributed by atoms with Gasteiger partial charge in [-0.15, -0.1) is 0 Å². The highest BCUT2D eigenvalue weighted by Gasteiger charge is 2.26. The summed E-state index contributed by atoms with van der Waals surface area (Å²) in [5.74, 6) is 0. The van der Waals surface area contributed by atoms with E-state index in [0.29, 0.717) is 19.6 Å². The maximum atomic E-state index is 12.0. The normalized spacial score (nSPS) is 20.8. The standard InChI is InChI=1S/C14H26N4O2/c1-5-15-11-16-7-6-12-10-18(9-8-17-12)13(19)20-14(2,3)4/h5,11-12,17H,6-10H2,1-4H3. The van der Waals surface area contributed by atoms with Crippen LogP contribution >= 0.6 is 0 Å². The molecule has 1 aliphatic rings. The van der Waals surface area contributed by atoms with E-state index in [-0.39, 0.29) is 12.1 Å². The molecule has 0 aromatic carbocycles. The van der Waals surface area contributed by atoms with Crippen molar-refractivity contribution in [3.05, 3.63) is 0 Å². The van der Waals surface area contributed by atoms with Crippen LogP contribution in [0.15, 0.2) is 9.98 Å². The molecule has 6 heteroatoms. The van der Waals surface area contributed by atoms with Crippen LogP contribution in [0.5, 0.6) is 0 Å². The quantitative estimate of drug-likeness (QED) is 0.630. The zero-order chi connectivity index (χ0) is 15.0. The number of nitrogens with zero attached hydrogens (tertiary/aromatic N) is 3. The lowest BCUT2D eigenvalue weighted by Gasteiger charge is -2.34. The van der Waals surface area contributed by atoms with E-state index in [4.69, 9.17) is 4.74 Å². The van der Waals surface area contributed by atoms with Gasteiger partial charge in [-0.05, 0) is 34.1 Å². The Morgan fingerprint density at radius 1 is 1.50 bits per heavy atom. The molecule has 0 aromatic heterocycles. The van der Waals surface area contributed by atoms with Gasteiger partial charge in [-0.1, -0.05) is 0 Å². The summed E-state index contributed by atoms with van der Waals surface area (Å²) in [5.41, 5.74) is -0.445. The van der Waals surface area contributed by atoms with Gasteiger partial charge >= 0.3 is 6.09 Å². The number of piperazine rings is 1. The van der Waals surface area contributed by atoms with Crippen LogP contribution in [-0.4, -0.2) is 61.4 Å². The third kappa shape index (κ3) is 6.65. The fraction of sp³-hybridized carbons (Fsp3) is 0.786. The first-order chi connectivity index (χ1) is 9.42. The minimum atomic E-state index is -0.445. The molecule has 114 valence electrons. The van der Waals surface area contributed by atoms with E-state index in [1.807, 2.05) is 27.7 Å². The molecule has 0 radical (unpaired) electrons. The molecule has 1 N–H and O–H groups in total. The van der Waals surface area contributed by atoms with Gasteiger partial charge in [0.05, 0.1) is 0 Å². The summed E-state index contributed by atoms with van der Waals surface area (Å²) in [6.45, 7) is 10.4. The van der Waals surface area contributed by atoms with E-state index in [9.17, 15) is 4.79 Å². The van der Waals surface area contributed by atoms with Crippen molar-refractivity contribution in [1.82, 2.24) is 10.2 Å². The summed E-state index contributed by atoms with van der Waals surface area (Å²) in [7, 11) is 0. The number of rotatable bonds is 4. The summed E-state index contributed by atoms with van der Waals surface area (Å²) in [5, 5.41) is 3.40. The van der Waals surface area contributed by atoms with E-state index < -0.39 is 5.60 Å². The van der Waals surface area contributed by atoms with Gasteiger partial charge in [-0.3, -0.25) is 4.99 Å². The summed E-state index contributed by atoms with van der Waals surface area (Å²) in [6, 6.07) is 0.263. The van der Waals surface area contributed by atoms with E-state index in [2.05, 4.69) is 15.3 Å². The maximum Gasteiger partial charge on any atom is 0.410 e. The number of nitrogens with one attached hydrogen (secondary N) is 1. The lowest BCUT2D eigenvalue weighted by atomic mass is 10.1. The van der Waals surface area contributed by atoms with Gasteiger partial charge in [0.2, 0.25) is 0 Å². The topological polar surface area (TPSA) is 66.3 Å². The van der Waals surface area contributed by atoms with E-state index in [1.54, 1.807) is 17.5 Å². The van der Waals surface area contributed by atoms with Crippen molar-refractivity contribution < 1.29 is 9.53 Å². The van der Waals surface area contributed by atoms with Gasteiger partial charge in [-0.2, -0.15) is 0 Å². The number of hydrogen-bond acceptors (Lipinski definition) is 4. The smallest absolute Gasteiger partial charge is 0.410 e. The lowest BCUT2D eigenvalue weighted by Crippen LogP contribution is -2.53. The van der Waals surface area contributed by atoms with Gasteiger partial charge in [0, 0.05) is 38.4 Å². The molecule has 0 spiro atoms. The number of carbonyl (C=O) groups is 1. The molecule has 1 fully saturated rings. The first kappa shape index (κ1) is 16.6.